The van der Waals surface area contributed by atoms with Gasteiger partial charge in [-0.05, 0) is 23.8 Å². The number of nitrogens with two attached hydrogens (primary N) is 1. The molecule has 2 aromatic rings. The smallest absolute Gasteiger partial charge is 0.337 e. The van der Waals surface area contributed by atoms with Gasteiger partial charge in [0.1, 0.15) is 12.4 Å². The van der Waals surface area contributed by atoms with Crippen LogP contribution in [-0.4, -0.2) is 38.7 Å². The van der Waals surface area contributed by atoms with Crippen molar-refractivity contribution in [2.24, 2.45) is 5.73 Å². The number of carbonyl (C=O) groups is 2. The third-order valence-corrected chi connectivity index (χ3v) is 3.92. The van der Waals surface area contributed by atoms with E-state index < -0.39 is 5.97 Å². The molecule has 28 heavy (non-hydrogen) atoms. The number of amides is 1. The first-order valence-electron chi connectivity index (χ1n) is 8.49. The normalized spacial score (nSPS) is 11.1. The van der Waals surface area contributed by atoms with E-state index in [1.165, 1.54) is 20.3 Å². The number of anilines is 1. The summed E-state index contributed by atoms with van der Waals surface area (Å²) in [5.74, 6) is -0.350. The molecule has 0 saturated heterocycles. The number of hydrogen-bond donors (Lipinski definition) is 2. The lowest BCUT2D eigenvalue weighted by Crippen LogP contribution is -2.28. The number of esters is 1. The van der Waals surface area contributed by atoms with Crippen LogP contribution in [0.2, 0.25) is 0 Å². The standard InChI is InChI=1S/C20H24N2O5.ClH/c1-25-16(12-21)11-19(23)22-17-10-15(20(24)26-2)8-9-18(17)27-13-14-6-4-3-5-7-14;/h3-10,16H,11-13,21H2,1-2H3,(H,22,23);1H. The number of hydrogen-bond acceptors (Lipinski definition) is 6. The second kappa shape index (κ2) is 12.0. The average molecular weight is 409 g/mol. The van der Waals surface area contributed by atoms with Gasteiger partial charge in [0.2, 0.25) is 5.91 Å². The minimum Gasteiger partial charge on any atom is -0.487 e. The highest BCUT2D eigenvalue weighted by Gasteiger charge is 2.16. The summed E-state index contributed by atoms with van der Waals surface area (Å²) in [6.45, 7) is 0.550. The Hall–Kier alpha value is -2.61. The van der Waals surface area contributed by atoms with Crippen LogP contribution in [0.15, 0.2) is 48.5 Å². The van der Waals surface area contributed by atoms with Gasteiger partial charge in [-0.3, -0.25) is 4.79 Å². The van der Waals surface area contributed by atoms with E-state index in [-0.39, 0.29) is 37.4 Å². The largest absolute Gasteiger partial charge is 0.487 e. The lowest BCUT2D eigenvalue weighted by molar-refractivity contribution is -0.118. The molecule has 0 fully saturated rings. The molecule has 1 amide bonds. The van der Waals surface area contributed by atoms with E-state index >= 15 is 0 Å². The van der Waals surface area contributed by atoms with Crippen molar-refractivity contribution in [3.63, 3.8) is 0 Å². The van der Waals surface area contributed by atoms with Gasteiger partial charge in [0, 0.05) is 13.7 Å². The monoisotopic (exact) mass is 408 g/mol. The predicted octanol–water partition coefficient (Wildman–Crippen LogP) is 2.78. The maximum Gasteiger partial charge on any atom is 0.337 e. The van der Waals surface area contributed by atoms with Crippen LogP contribution in [0.25, 0.3) is 0 Å². The quantitative estimate of drug-likeness (QED) is 0.619. The zero-order valence-corrected chi connectivity index (χ0v) is 16.7. The fourth-order valence-electron chi connectivity index (χ4n) is 2.40. The van der Waals surface area contributed by atoms with Gasteiger partial charge in [-0.2, -0.15) is 0 Å². The first-order valence-corrected chi connectivity index (χ1v) is 8.49. The van der Waals surface area contributed by atoms with E-state index in [4.69, 9.17) is 19.9 Å². The van der Waals surface area contributed by atoms with E-state index in [2.05, 4.69) is 5.32 Å². The number of ether oxygens (including phenoxy) is 3. The molecule has 152 valence electrons. The molecule has 0 aliphatic carbocycles. The van der Waals surface area contributed by atoms with Crippen molar-refractivity contribution in [2.45, 2.75) is 19.1 Å². The summed E-state index contributed by atoms with van der Waals surface area (Å²) in [6, 6.07) is 14.4. The molecule has 0 radical (unpaired) electrons. The molecule has 2 aromatic carbocycles. The number of methoxy groups -OCH3 is 2. The molecule has 3 N–H and O–H groups in total. The molecule has 0 spiro atoms. The highest BCUT2D eigenvalue weighted by atomic mass is 35.5. The zero-order chi connectivity index (χ0) is 19.6. The fraction of sp³-hybridized carbons (Fsp3) is 0.300. The molecule has 0 aromatic heterocycles. The third-order valence-electron chi connectivity index (χ3n) is 3.92. The average Bonchev–Trinajstić information content (AvgIpc) is 2.71. The summed E-state index contributed by atoms with van der Waals surface area (Å²) in [6.07, 6.45) is -0.296. The molecule has 0 saturated carbocycles. The van der Waals surface area contributed by atoms with Gasteiger partial charge >= 0.3 is 5.97 Å². The van der Waals surface area contributed by atoms with Crippen molar-refractivity contribution in [1.29, 1.82) is 0 Å². The van der Waals surface area contributed by atoms with Gasteiger partial charge in [-0.25, -0.2) is 4.79 Å². The van der Waals surface area contributed by atoms with Crippen LogP contribution in [-0.2, 0) is 20.9 Å². The lowest BCUT2D eigenvalue weighted by Gasteiger charge is -2.16. The molecule has 8 heteroatoms. The maximum atomic E-state index is 12.3. The maximum absolute atomic E-state index is 12.3. The Labute approximate surface area is 170 Å². The van der Waals surface area contributed by atoms with Crippen LogP contribution < -0.4 is 15.8 Å². The molecular weight excluding hydrogens is 384 g/mol. The highest BCUT2D eigenvalue weighted by Crippen LogP contribution is 2.27. The van der Waals surface area contributed by atoms with E-state index in [0.29, 0.717) is 23.6 Å². The SMILES string of the molecule is COC(=O)c1ccc(OCc2ccccc2)c(NC(=O)CC(CN)OC)c1.Cl. The van der Waals surface area contributed by atoms with Gasteiger partial charge in [0.05, 0.1) is 30.9 Å². The summed E-state index contributed by atoms with van der Waals surface area (Å²) in [5.41, 5.74) is 7.23. The van der Waals surface area contributed by atoms with Crippen LogP contribution in [0.1, 0.15) is 22.3 Å². The molecule has 0 heterocycles. The molecule has 0 aliphatic rings. The van der Waals surface area contributed by atoms with Gasteiger partial charge in [0.25, 0.3) is 0 Å². The Balaban J connectivity index is 0.00000392. The van der Waals surface area contributed by atoms with E-state index in [0.717, 1.165) is 5.56 Å². The van der Waals surface area contributed by atoms with Gasteiger partial charge in [-0.1, -0.05) is 30.3 Å². The van der Waals surface area contributed by atoms with Crippen molar-refractivity contribution in [3.05, 3.63) is 59.7 Å². The predicted molar refractivity (Wildman–Crippen MR) is 109 cm³/mol. The summed E-state index contributed by atoms with van der Waals surface area (Å²) in [4.78, 5) is 24.1. The fourth-order valence-corrected chi connectivity index (χ4v) is 2.40. The van der Waals surface area contributed by atoms with Crippen LogP contribution >= 0.6 is 12.4 Å². The Bertz CT molecular complexity index is 766. The van der Waals surface area contributed by atoms with Crippen molar-refractivity contribution in [3.8, 4) is 5.75 Å². The molecule has 1 unspecified atom stereocenters. The zero-order valence-electron chi connectivity index (χ0n) is 15.8. The third kappa shape index (κ3) is 6.84. The lowest BCUT2D eigenvalue weighted by atomic mass is 10.1. The minimum atomic E-state index is -0.503. The Morgan fingerprint density at radius 2 is 1.82 bits per heavy atom. The van der Waals surface area contributed by atoms with Gasteiger partial charge in [-0.15, -0.1) is 12.4 Å². The summed E-state index contributed by atoms with van der Waals surface area (Å²) < 4.78 is 15.7. The number of halogens is 1. The number of nitrogens with one attached hydrogen (secondary N) is 1. The topological polar surface area (TPSA) is 99.9 Å². The molecule has 0 aliphatic heterocycles. The first kappa shape index (κ1) is 23.4. The Morgan fingerprint density at radius 3 is 2.43 bits per heavy atom. The van der Waals surface area contributed by atoms with Gasteiger partial charge in [0.15, 0.2) is 0 Å². The van der Waals surface area contributed by atoms with Crippen LogP contribution in [0.5, 0.6) is 5.75 Å². The molecule has 7 nitrogen and oxygen atoms in total. The Morgan fingerprint density at radius 1 is 1.11 bits per heavy atom. The van der Waals surface area contributed by atoms with E-state index in [1.54, 1.807) is 12.1 Å². The van der Waals surface area contributed by atoms with Crippen molar-refractivity contribution in [2.75, 3.05) is 26.1 Å². The molecule has 2 rings (SSSR count). The highest BCUT2D eigenvalue weighted by molar-refractivity contribution is 5.96. The summed E-state index contributed by atoms with van der Waals surface area (Å²) in [7, 11) is 2.79. The first-order chi connectivity index (χ1) is 13.1. The summed E-state index contributed by atoms with van der Waals surface area (Å²) >= 11 is 0. The second-order valence-corrected chi connectivity index (χ2v) is 5.82. The van der Waals surface area contributed by atoms with Crippen molar-refractivity contribution < 1.29 is 23.8 Å². The van der Waals surface area contributed by atoms with E-state index in [1.807, 2.05) is 30.3 Å². The summed E-state index contributed by atoms with van der Waals surface area (Å²) in [5, 5.41) is 2.76. The van der Waals surface area contributed by atoms with Crippen LogP contribution in [0.3, 0.4) is 0 Å². The number of benzene rings is 2. The number of rotatable bonds is 9. The molecule has 0 bridgehead atoms. The van der Waals surface area contributed by atoms with Crippen LogP contribution in [0, 0.1) is 0 Å². The van der Waals surface area contributed by atoms with Crippen LogP contribution in [0.4, 0.5) is 5.69 Å². The van der Waals surface area contributed by atoms with Gasteiger partial charge < -0.3 is 25.3 Å². The number of carbonyl (C=O) groups excluding carboxylic acids is 2. The minimum absolute atomic E-state index is 0. The molecular formula is C20H25ClN2O5. The van der Waals surface area contributed by atoms with Crippen molar-refractivity contribution >= 4 is 30.0 Å². The Kier molecular flexibility index (Phi) is 10.0. The second-order valence-electron chi connectivity index (χ2n) is 5.82. The van der Waals surface area contributed by atoms with Crippen molar-refractivity contribution in [1.82, 2.24) is 0 Å². The molecule has 1 atom stereocenters. The van der Waals surface area contributed by atoms with E-state index in [9.17, 15) is 9.59 Å².